The van der Waals surface area contributed by atoms with Gasteiger partial charge in [0.15, 0.2) is 5.65 Å². The third kappa shape index (κ3) is 5.01. The minimum absolute atomic E-state index is 0.0680. The van der Waals surface area contributed by atoms with Crippen molar-refractivity contribution in [2.24, 2.45) is 5.73 Å². The van der Waals surface area contributed by atoms with Gasteiger partial charge in [-0.3, -0.25) is 9.59 Å². The summed E-state index contributed by atoms with van der Waals surface area (Å²) in [5.74, 6) is 0.839. The molecule has 2 amide bonds. The smallest absolute Gasteiger partial charge is 0.254 e. The number of ether oxygens (including phenoxy) is 1. The van der Waals surface area contributed by atoms with Crippen molar-refractivity contribution in [3.63, 3.8) is 0 Å². The summed E-state index contributed by atoms with van der Waals surface area (Å²) in [4.78, 5) is 28.6. The Morgan fingerprint density at radius 3 is 2.58 bits per heavy atom. The highest BCUT2D eigenvalue weighted by molar-refractivity contribution is 5.98. The van der Waals surface area contributed by atoms with Gasteiger partial charge in [-0.15, -0.1) is 0 Å². The Bertz CT molecular complexity index is 1310. The first-order valence-corrected chi connectivity index (χ1v) is 10.6. The van der Waals surface area contributed by atoms with Crippen LogP contribution in [0.25, 0.3) is 5.65 Å². The largest absolute Gasteiger partial charge is 0.457 e. The third-order valence-electron chi connectivity index (χ3n) is 5.44. The second kappa shape index (κ2) is 9.52. The summed E-state index contributed by atoms with van der Waals surface area (Å²) in [5, 5.41) is 7.18. The number of fused-ring (bicyclic) bond motifs is 1. The topological polar surface area (TPSA) is 112 Å². The molecule has 0 bridgehead atoms. The van der Waals surface area contributed by atoms with Gasteiger partial charge in [0, 0.05) is 24.4 Å². The molecule has 0 spiro atoms. The third-order valence-corrected chi connectivity index (χ3v) is 5.44. The summed E-state index contributed by atoms with van der Waals surface area (Å²) in [6.45, 7) is 4.16. The van der Waals surface area contributed by atoms with Crippen LogP contribution < -0.4 is 15.8 Å². The first kappa shape index (κ1) is 22.0. The molecular formula is C25H25N5O3. The van der Waals surface area contributed by atoms with E-state index < -0.39 is 5.91 Å². The van der Waals surface area contributed by atoms with Crippen molar-refractivity contribution < 1.29 is 14.3 Å². The van der Waals surface area contributed by atoms with Crippen molar-refractivity contribution in [3.8, 4) is 11.5 Å². The number of amides is 2. The predicted molar refractivity (Wildman–Crippen MR) is 124 cm³/mol. The number of primary amides is 1. The molecule has 0 fully saturated rings. The molecule has 0 atom stereocenters. The SMILES string of the molecule is Cc1nc2c(C(N)=O)cnn2c(C)c1CCC(=O)NCc1cccc(Oc2ccccc2)c1. The molecule has 0 saturated heterocycles. The number of nitrogens with two attached hydrogens (primary N) is 1. The Balaban J connectivity index is 1.37. The minimum atomic E-state index is -0.568. The van der Waals surface area contributed by atoms with Gasteiger partial charge in [-0.05, 0) is 55.7 Å². The zero-order chi connectivity index (χ0) is 23.4. The predicted octanol–water partition coefficient (Wildman–Crippen LogP) is 3.49. The van der Waals surface area contributed by atoms with E-state index in [2.05, 4.69) is 15.4 Å². The Kier molecular flexibility index (Phi) is 6.35. The zero-order valence-electron chi connectivity index (χ0n) is 18.5. The quantitative estimate of drug-likeness (QED) is 0.433. The number of para-hydroxylation sites is 1. The van der Waals surface area contributed by atoms with E-state index in [0.717, 1.165) is 28.3 Å². The van der Waals surface area contributed by atoms with Crippen molar-refractivity contribution in [2.45, 2.75) is 33.2 Å². The maximum atomic E-state index is 12.5. The van der Waals surface area contributed by atoms with Crippen molar-refractivity contribution in [3.05, 3.63) is 88.9 Å². The van der Waals surface area contributed by atoms with Crippen molar-refractivity contribution in [1.82, 2.24) is 19.9 Å². The van der Waals surface area contributed by atoms with Crippen LogP contribution in [-0.2, 0) is 17.8 Å². The van der Waals surface area contributed by atoms with Crippen LogP contribution in [0.2, 0.25) is 0 Å². The molecule has 33 heavy (non-hydrogen) atoms. The second-order valence-electron chi connectivity index (χ2n) is 7.76. The molecular weight excluding hydrogens is 418 g/mol. The van der Waals surface area contributed by atoms with Gasteiger partial charge in [0.1, 0.15) is 17.1 Å². The molecule has 168 valence electrons. The number of aromatic nitrogens is 3. The van der Waals surface area contributed by atoms with Gasteiger partial charge >= 0.3 is 0 Å². The normalized spacial score (nSPS) is 10.8. The van der Waals surface area contributed by atoms with Crippen LogP contribution >= 0.6 is 0 Å². The lowest BCUT2D eigenvalue weighted by atomic mass is 10.1. The summed E-state index contributed by atoms with van der Waals surface area (Å²) in [6.07, 6.45) is 2.23. The highest BCUT2D eigenvalue weighted by Crippen LogP contribution is 2.22. The Morgan fingerprint density at radius 1 is 1.06 bits per heavy atom. The molecule has 0 aliphatic carbocycles. The van der Waals surface area contributed by atoms with Crippen LogP contribution in [-0.4, -0.2) is 26.4 Å². The van der Waals surface area contributed by atoms with E-state index in [1.807, 2.05) is 68.4 Å². The van der Waals surface area contributed by atoms with E-state index in [0.29, 0.717) is 30.8 Å². The zero-order valence-corrected chi connectivity index (χ0v) is 18.5. The number of carbonyl (C=O) groups excluding carboxylic acids is 2. The fourth-order valence-corrected chi connectivity index (χ4v) is 3.72. The number of nitrogens with one attached hydrogen (secondary N) is 1. The van der Waals surface area contributed by atoms with E-state index >= 15 is 0 Å². The van der Waals surface area contributed by atoms with Crippen LogP contribution in [0.5, 0.6) is 11.5 Å². The van der Waals surface area contributed by atoms with Gasteiger partial charge < -0.3 is 15.8 Å². The number of benzene rings is 2. The minimum Gasteiger partial charge on any atom is -0.457 e. The average molecular weight is 444 g/mol. The summed E-state index contributed by atoms with van der Waals surface area (Å²) in [7, 11) is 0. The van der Waals surface area contributed by atoms with Gasteiger partial charge in [-0.2, -0.15) is 5.10 Å². The summed E-state index contributed by atoms with van der Waals surface area (Å²) < 4.78 is 7.45. The molecule has 2 heterocycles. The second-order valence-corrected chi connectivity index (χ2v) is 7.76. The van der Waals surface area contributed by atoms with Crippen LogP contribution in [0.1, 0.15) is 39.3 Å². The number of hydrogen-bond donors (Lipinski definition) is 2. The molecule has 0 radical (unpaired) electrons. The molecule has 0 unspecified atom stereocenters. The maximum Gasteiger partial charge on any atom is 0.254 e. The summed E-state index contributed by atoms with van der Waals surface area (Å²) in [5.41, 5.74) is 9.57. The van der Waals surface area contributed by atoms with Gasteiger partial charge in [-0.25, -0.2) is 9.50 Å². The van der Waals surface area contributed by atoms with Crippen molar-refractivity contribution in [2.75, 3.05) is 0 Å². The van der Waals surface area contributed by atoms with Crippen LogP contribution in [0, 0.1) is 13.8 Å². The maximum absolute atomic E-state index is 12.5. The number of rotatable bonds is 8. The fraction of sp³-hybridized carbons (Fsp3) is 0.200. The van der Waals surface area contributed by atoms with Crippen LogP contribution in [0.4, 0.5) is 0 Å². The highest BCUT2D eigenvalue weighted by Gasteiger charge is 2.17. The summed E-state index contributed by atoms with van der Waals surface area (Å²) in [6, 6.07) is 17.2. The number of aryl methyl sites for hydroxylation is 2. The number of nitrogens with zero attached hydrogens (tertiary/aromatic N) is 3. The van der Waals surface area contributed by atoms with Gasteiger partial charge in [0.05, 0.1) is 6.20 Å². The lowest BCUT2D eigenvalue weighted by Crippen LogP contribution is -2.23. The van der Waals surface area contributed by atoms with Crippen molar-refractivity contribution >= 4 is 17.5 Å². The molecule has 0 saturated carbocycles. The molecule has 0 aliphatic rings. The van der Waals surface area contributed by atoms with E-state index in [1.165, 1.54) is 6.20 Å². The highest BCUT2D eigenvalue weighted by atomic mass is 16.5. The van der Waals surface area contributed by atoms with Gasteiger partial charge in [0.2, 0.25) is 5.91 Å². The van der Waals surface area contributed by atoms with Crippen LogP contribution in [0.15, 0.2) is 60.8 Å². The molecule has 3 N–H and O–H groups in total. The average Bonchev–Trinajstić information content (AvgIpc) is 3.23. The van der Waals surface area contributed by atoms with Gasteiger partial charge in [-0.1, -0.05) is 30.3 Å². The fourth-order valence-electron chi connectivity index (χ4n) is 3.72. The van der Waals surface area contributed by atoms with E-state index in [1.54, 1.807) is 4.52 Å². The molecule has 4 rings (SSSR count). The lowest BCUT2D eigenvalue weighted by molar-refractivity contribution is -0.121. The Hall–Kier alpha value is -4.20. The van der Waals surface area contributed by atoms with E-state index in [9.17, 15) is 9.59 Å². The molecule has 2 aromatic carbocycles. The van der Waals surface area contributed by atoms with Crippen LogP contribution in [0.3, 0.4) is 0 Å². The van der Waals surface area contributed by atoms with Crippen molar-refractivity contribution in [1.29, 1.82) is 0 Å². The Morgan fingerprint density at radius 2 is 1.82 bits per heavy atom. The van der Waals surface area contributed by atoms with Gasteiger partial charge in [0.25, 0.3) is 5.91 Å². The van der Waals surface area contributed by atoms with E-state index in [-0.39, 0.29) is 11.5 Å². The molecule has 8 heteroatoms. The lowest BCUT2D eigenvalue weighted by Gasteiger charge is -2.12. The first-order valence-electron chi connectivity index (χ1n) is 10.6. The number of hydrogen-bond acceptors (Lipinski definition) is 5. The molecule has 0 aliphatic heterocycles. The monoisotopic (exact) mass is 443 g/mol. The first-order chi connectivity index (χ1) is 15.9. The molecule has 8 nitrogen and oxygen atoms in total. The molecule has 4 aromatic rings. The Labute approximate surface area is 191 Å². The molecule has 2 aromatic heterocycles. The summed E-state index contributed by atoms with van der Waals surface area (Å²) >= 11 is 0. The standard InChI is InChI=1S/C25H25N5O3/c1-16-21(17(2)30-25(29-16)22(15-28-30)24(26)32)11-12-23(31)27-14-18-7-6-10-20(13-18)33-19-8-4-3-5-9-19/h3-10,13,15H,11-12,14H2,1-2H3,(H2,26,32)(H,27,31). The van der Waals surface area contributed by atoms with E-state index in [4.69, 9.17) is 10.5 Å². The number of carbonyl (C=O) groups is 2.